The van der Waals surface area contributed by atoms with E-state index >= 15 is 0 Å². The van der Waals surface area contributed by atoms with Crippen LogP contribution in [0.15, 0.2) is 46.9 Å². The summed E-state index contributed by atoms with van der Waals surface area (Å²) in [5.41, 5.74) is 1.86. The quantitative estimate of drug-likeness (QED) is 0.537. The Hall–Kier alpha value is -2.30. The molecule has 3 rings (SSSR count). The van der Waals surface area contributed by atoms with Crippen LogP contribution in [0.5, 0.6) is 5.75 Å². The lowest BCUT2D eigenvalue weighted by atomic mass is 9.99. The summed E-state index contributed by atoms with van der Waals surface area (Å²) >= 11 is 5.96. The number of methoxy groups -OCH3 is 1. The SMILES string of the molecule is CCN(CC)Cc1oc2ccc(OC)cc2c1C(=O)c1ccc(Cl)cc1. The molecular weight excluding hydrogens is 350 g/mol. The fraction of sp³-hybridized carbons (Fsp3) is 0.286. The highest BCUT2D eigenvalue weighted by molar-refractivity contribution is 6.30. The number of benzene rings is 2. The number of furan rings is 1. The Balaban J connectivity index is 2.15. The molecule has 0 spiro atoms. The molecular formula is C21H22ClNO3. The van der Waals surface area contributed by atoms with E-state index in [-0.39, 0.29) is 5.78 Å². The molecule has 0 unspecified atom stereocenters. The third-order valence-corrected chi connectivity index (χ3v) is 4.82. The molecule has 0 aliphatic rings. The van der Waals surface area contributed by atoms with Crippen molar-refractivity contribution in [3.8, 4) is 5.75 Å². The van der Waals surface area contributed by atoms with Crippen LogP contribution in [0.25, 0.3) is 11.0 Å². The Morgan fingerprint density at radius 2 is 1.81 bits per heavy atom. The van der Waals surface area contributed by atoms with Crippen molar-refractivity contribution in [1.29, 1.82) is 0 Å². The second-order valence-corrected chi connectivity index (χ2v) is 6.50. The van der Waals surface area contributed by atoms with Crippen LogP contribution in [0.4, 0.5) is 0 Å². The first-order valence-electron chi connectivity index (χ1n) is 8.69. The normalized spacial score (nSPS) is 11.3. The topological polar surface area (TPSA) is 42.7 Å². The first-order valence-corrected chi connectivity index (χ1v) is 9.07. The van der Waals surface area contributed by atoms with Crippen molar-refractivity contribution in [2.75, 3.05) is 20.2 Å². The maximum absolute atomic E-state index is 13.2. The largest absolute Gasteiger partial charge is 0.497 e. The lowest BCUT2D eigenvalue weighted by molar-refractivity contribution is 0.103. The second kappa shape index (κ2) is 7.94. The molecule has 3 aromatic rings. The summed E-state index contributed by atoms with van der Waals surface area (Å²) in [7, 11) is 1.61. The Morgan fingerprint density at radius 1 is 1.12 bits per heavy atom. The van der Waals surface area contributed by atoms with Gasteiger partial charge in [0.15, 0.2) is 5.78 Å². The minimum absolute atomic E-state index is 0.0733. The smallest absolute Gasteiger partial charge is 0.197 e. The molecule has 4 nitrogen and oxygen atoms in total. The summed E-state index contributed by atoms with van der Waals surface area (Å²) in [5, 5.41) is 1.37. The average molecular weight is 372 g/mol. The fourth-order valence-electron chi connectivity index (χ4n) is 3.01. The lowest BCUT2D eigenvalue weighted by Crippen LogP contribution is -2.23. The summed E-state index contributed by atoms with van der Waals surface area (Å²) in [6, 6.07) is 12.5. The number of fused-ring (bicyclic) bond motifs is 1. The van der Waals surface area contributed by atoms with Gasteiger partial charge < -0.3 is 9.15 Å². The second-order valence-electron chi connectivity index (χ2n) is 6.06. The molecule has 0 saturated carbocycles. The van der Waals surface area contributed by atoms with Gasteiger partial charge in [-0.3, -0.25) is 9.69 Å². The van der Waals surface area contributed by atoms with Gasteiger partial charge in [-0.15, -0.1) is 0 Å². The van der Waals surface area contributed by atoms with E-state index in [0.717, 1.165) is 18.5 Å². The van der Waals surface area contributed by atoms with Crippen LogP contribution in [-0.2, 0) is 6.54 Å². The molecule has 2 aromatic carbocycles. The summed E-state index contributed by atoms with van der Waals surface area (Å²) in [6.45, 7) is 6.53. The summed E-state index contributed by atoms with van der Waals surface area (Å²) in [6.07, 6.45) is 0. The predicted octanol–water partition coefficient (Wildman–Crippen LogP) is 5.17. The number of hydrogen-bond acceptors (Lipinski definition) is 4. The zero-order valence-electron chi connectivity index (χ0n) is 15.2. The van der Waals surface area contributed by atoms with Gasteiger partial charge in [0, 0.05) is 16.0 Å². The third kappa shape index (κ3) is 3.62. The van der Waals surface area contributed by atoms with Gasteiger partial charge in [-0.25, -0.2) is 0 Å². The van der Waals surface area contributed by atoms with E-state index in [9.17, 15) is 4.79 Å². The molecule has 0 fully saturated rings. The first kappa shape index (κ1) is 18.5. The van der Waals surface area contributed by atoms with Crippen molar-refractivity contribution < 1.29 is 13.9 Å². The Bertz CT molecular complexity index is 911. The van der Waals surface area contributed by atoms with Crippen molar-refractivity contribution in [3.05, 3.63) is 64.4 Å². The third-order valence-electron chi connectivity index (χ3n) is 4.56. The van der Waals surface area contributed by atoms with Gasteiger partial charge in [0.2, 0.25) is 0 Å². The maximum atomic E-state index is 13.2. The maximum Gasteiger partial charge on any atom is 0.197 e. The Kier molecular flexibility index (Phi) is 5.64. The molecule has 5 heteroatoms. The number of carbonyl (C=O) groups is 1. The molecule has 0 atom stereocenters. The Morgan fingerprint density at radius 3 is 2.42 bits per heavy atom. The standard InChI is InChI=1S/C21H22ClNO3/c1-4-23(5-2)13-19-20(21(24)14-6-8-15(22)9-7-14)17-12-16(25-3)10-11-18(17)26-19/h6-12H,4-5,13H2,1-3H3. The predicted molar refractivity (Wildman–Crippen MR) is 104 cm³/mol. The van der Waals surface area contributed by atoms with Crippen molar-refractivity contribution in [2.24, 2.45) is 0 Å². The lowest BCUT2D eigenvalue weighted by Gasteiger charge is -2.17. The fourth-order valence-corrected chi connectivity index (χ4v) is 3.14. The molecule has 0 radical (unpaired) electrons. The van der Waals surface area contributed by atoms with E-state index in [1.807, 2.05) is 18.2 Å². The van der Waals surface area contributed by atoms with Gasteiger partial charge in [0.05, 0.1) is 19.2 Å². The highest BCUT2D eigenvalue weighted by atomic mass is 35.5. The molecule has 0 N–H and O–H groups in total. The first-order chi connectivity index (χ1) is 12.6. The van der Waals surface area contributed by atoms with Crippen LogP contribution in [0, 0.1) is 0 Å². The summed E-state index contributed by atoms with van der Waals surface area (Å²) < 4.78 is 11.4. The van der Waals surface area contributed by atoms with Crippen LogP contribution in [0.1, 0.15) is 35.5 Å². The van der Waals surface area contributed by atoms with E-state index in [0.29, 0.717) is 39.8 Å². The van der Waals surface area contributed by atoms with Crippen LogP contribution in [-0.4, -0.2) is 30.9 Å². The molecule has 1 heterocycles. The van der Waals surface area contributed by atoms with Gasteiger partial charge >= 0.3 is 0 Å². The van der Waals surface area contributed by atoms with Gasteiger partial charge in [0.25, 0.3) is 0 Å². The van der Waals surface area contributed by atoms with E-state index < -0.39 is 0 Å². The van der Waals surface area contributed by atoms with Gasteiger partial charge in [0.1, 0.15) is 17.1 Å². The van der Waals surface area contributed by atoms with Crippen LogP contribution < -0.4 is 4.74 Å². The highest BCUT2D eigenvalue weighted by Crippen LogP contribution is 2.32. The molecule has 0 saturated heterocycles. The average Bonchev–Trinajstić information content (AvgIpc) is 3.02. The number of ether oxygens (including phenoxy) is 1. The molecule has 0 amide bonds. The van der Waals surface area contributed by atoms with Crippen LogP contribution >= 0.6 is 11.6 Å². The van der Waals surface area contributed by atoms with Crippen molar-refractivity contribution >= 4 is 28.4 Å². The summed E-state index contributed by atoms with van der Waals surface area (Å²) in [5.74, 6) is 1.30. The van der Waals surface area contributed by atoms with Crippen molar-refractivity contribution in [3.63, 3.8) is 0 Å². The van der Waals surface area contributed by atoms with Crippen LogP contribution in [0.3, 0.4) is 0 Å². The zero-order valence-corrected chi connectivity index (χ0v) is 16.0. The number of halogens is 1. The minimum atomic E-state index is -0.0733. The highest BCUT2D eigenvalue weighted by Gasteiger charge is 2.23. The molecule has 0 aliphatic heterocycles. The number of rotatable bonds is 7. The van der Waals surface area contributed by atoms with Crippen molar-refractivity contribution in [1.82, 2.24) is 4.90 Å². The number of hydrogen-bond donors (Lipinski definition) is 0. The monoisotopic (exact) mass is 371 g/mol. The van der Waals surface area contributed by atoms with E-state index in [1.165, 1.54) is 0 Å². The number of nitrogens with zero attached hydrogens (tertiary/aromatic N) is 1. The molecule has 1 aromatic heterocycles. The minimum Gasteiger partial charge on any atom is -0.497 e. The Labute approximate surface area is 158 Å². The van der Waals surface area contributed by atoms with Gasteiger partial charge in [-0.05, 0) is 55.6 Å². The van der Waals surface area contributed by atoms with Crippen molar-refractivity contribution in [2.45, 2.75) is 20.4 Å². The van der Waals surface area contributed by atoms with E-state index in [4.69, 9.17) is 20.8 Å². The molecule has 0 bridgehead atoms. The van der Waals surface area contributed by atoms with Gasteiger partial charge in [-0.1, -0.05) is 25.4 Å². The molecule has 136 valence electrons. The number of ketones is 1. The van der Waals surface area contributed by atoms with E-state index in [1.54, 1.807) is 31.4 Å². The summed E-state index contributed by atoms with van der Waals surface area (Å²) in [4.78, 5) is 15.5. The van der Waals surface area contributed by atoms with Crippen LogP contribution in [0.2, 0.25) is 5.02 Å². The number of carbonyl (C=O) groups excluding carboxylic acids is 1. The van der Waals surface area contributed by atoms with Gasteiger partial charge in [-0.2, -0.15) is 0 Å². The molecule has 0 aliphatic carbocycles. The van der Waals surface area contributed by atoms with E-state index in [2.05, 4.69) is 18.7 Å². The molecule has 26 heavy (non-hydrogen) atoms. The zero-order chi connectivity index (χ0) is 18.7.